The molecule has 2 aromatic carbocycles. The number of carbonyl (C=O) groups excluding carboxylic acids is 1. The van der Waals surface area contributed by atoms with E-state index in [1.165, 1.54) is 6.21 Å². The van der Waals surface area contributed by atoms with Crippen molar-refractivity contribution in [3.63, 3.8) is 0 Å². The molecule has 1 heterocycles. The maximum absolute atomic E-state index is 12.2. The minimum Gasteiger partial charge on any atom is -0.481 e. The van der Waals surface area contributed by atoms with E-state index in [1.54, 1.807) is 24.3 Å². The molecular weight excluding hydrogens is 348 g/mol. The van der Waals surface area contributed by atoms with Gasteiger partial charge >= 0.3 is 5.97 Å². The number of hydrogen-bond donors (Lipinski definition) is 2. The first kappa shape index (κ1) is 18.1. The molecule has 0 aliphatic carbocycles. The number of aromatic nitrogens is 2. The number of benzene rings is 2. The summed E-state index contributed by atoms with van der Waals surface area (Å²) < 4.78 is 7.00. The van der Waals surface area contributed by atoms with Gasteiger partial charge in [0.25, 0.3) is 5.91 Å². The molecular formula is C19H18N4O4. The zero-order valence-electron chi connectivity index (χ0n) is 14.6. The smallest absolute Gasteiger partial charge is 0.341 e. The second-order valence-corrected chi connectivity index (χ2v) is 5.75. The lowest BCUT2D eigenvalue weighted by molar-refractivity contribution is -0.139. The van der Waals surface area contributed by atoms with Crippen molar-refractivity contribution >= 4 is 29.1 Å². The van der Waals surface area contributed by atoms with Crippen molar-refractivity contribution in [1.29, 1.82) is 0 Å². The van der Waals surface area contributed by atoms with Crippen molar-refractivity contribution in [3.8, 4) is 5.75 Å². The van der Waals surface area contributed by atoms with Gasteiger partial charge in [0.2, 0.25) is 0 Å². The minimum atomic E-state index is -1.07. The Bertz CT molecular complexity index is 1010. The monoisotopic (exact) mass is 366 g/mol. The Labute approximate surface area is 155 Å². The first-order chi connectivity index (χ1) is 13.0. The zero-order valence-corrected chi connectivity index (χ0v) is 14.6. The number of nitrogens with zero attached hydrogens (tertiary/aromatic N) is 3. The predicted octanol–water partition coefficient (Wildman–Crippen LogP) is 1.96. The summed E-state index contributed by atoms with van der Waals surface area (Å²) in [6.07, 6.45) is 1.41. The Morgan fingerprint density at radius 2 is 1.96 bits per heavy atom. The van der Waals surface area contributed by atoms with E-state index in [0.717, 1.165) is 16.9 Å². The van der Waals surface area contributed by atoms with Crippen LogP contribution < -0.4 is 10.2 Å². The molecule has 0 saturated heterocycles. The molecule has 0 saturated carbocycles. The third-order valence-corrected chi connectivity index (χ3v) is 3.81. The number of carboxylic acid groups (broad SMARTS) is 1. The highest BCUT2D eigenvalue weighted by Crippen LogP contribution is 2.16. The number of para-hydroxylation sites is 3. The van der Waals surface area contributed by atoms with E-state index >= 15 is 0 Å². The fraction of sp³-hybridized carbons (Fsp3) is 0.158. The molecule has 8 nitrogen and oxygen atoms in total. The molecule has 0 aliphatic rings. The minimum absolute atomic E-state index is 0.0842. The van der Waals surface area contributed by atoms with Gasteiger partial charge in [-0.05, 0) is 31.2 Å². The summed E-state index contributed by atoms with van der Waals surface area (Å²) in [5.74, 6) is -0.267. The number of fused-ring (bicyclic) bond motifs is 1. The van der Waals surface area contributed by atoms with Crippen LogP contribution in [0, 0.1) is 6.92 Å². The average Bonchev–Trinajstić information content (AvgIpc) is 2.96. The summed E-state index contributed by atoms with van der Waals surface area (Å²) in [4.78, 5) is 27.3. The number of hydrazone groups is 1. The van der Waals surface area contributed by atoms with Crippen LogP contribution in [-0.4, -0.2) is 39.4 Å². The molecule has 0 aliphatic heterocycles. The number of imidazole rings is 1. The molecule has 27 heavy (non-hydrogen) atoms. The second-order valence-electron chi connectivity index (χ2n) is 5.75. The van der Waals surface area contributed by atoms with E-state index in [2.05, 4.69) is 15.5 Å². The second kappa shape index (κ2) is 8.13. The van der Waals surface area contributed by atoms with Gasteiger partial charge in [-0.3, -0.25) is 4.79 Å². The largest absolute Gasteiger partial charge is 0.481 e. The number of aliphatic carboxylic acids is 1. The number of rotatable bonds is 7. The zero-order chi connectivity index (χ0) is 19.2. The molecule has 0 fully saturated rings. The summed E-state index contributed by atoms with van der Waals surface area (Å²) in [5.41, 5.74) is 4.73. The molecule has 1 amide bonds. The van der Waals surface area contributed by atoms with E-state index < -0.39 is 12.6 Å². The number of amides is 1. The van der Waals surface area contributed by atoms with E-state index in [1.807, 2.05) is 35.8 Å². The van der Waals surface area contributed by atoms with Crippen LogP contribution in [0.3, 0.4) is 0 Å². The first-order valence-electron chi connectivity index (χ1n) is 8.22. The van der Waals surface area contributed by atoms with Gasteiger partial charge in [-0.25, -0.2) is 15.2 Å². The van der Waals surface area contributed by atoms with Crippen molar-refractivity contribution in [2.75, 3.05) is 6.61 Å². The molecule has 8 heteroatoms. The first-order valence-corrected chi connectivity index (χ1v) is 8.22. The van der Waals surface area contributed by atoms with Crippen molar-refractivity contribution in [1.82, 2.24) is 15.0 Å². The predicted molar refractivity (Wildman–Crippen MR) is 99.8 cm³/mol. The molecule has 138 valence electrons. The van der Waals surface area contributed by atoms with Crippen LogP contribution in [0.1, 0.15) is 11.4 Å². The topological polar surface area (TPSA) is 106 Å². The Morgan fingerprint density at radius 3 is 2.78 bits per heavy atom. The fourth-order valence-electron chi connectivity index (χ4n) is 2.61. The summed E-state index contributed by atoms with van der Waals surface area (Å²) in [6.45, 7) is 1.47. The van der Waals surface area contributed by atoms with Crippen LogP contribution >= 0.6 is 0 Å². The quantitative estimate of drug-likeness (QED) is 0.491. The van der Waals surface area contributed by atoms with Crippen molar-refractivity contribution in [2.45, 2.75) is 13.5 Å². The lowest BCUT2D eigenvalue weighted by atomic mass is 10.2. The maximum atomic E-state index is 12.2. The van der Waals surface area contributed by atoms with Crippen LogP contribution in [0.15, 0.2) is 53.6 Å². The summed E-state index contributed by atoms with van der Waals surface area (Å²) in [6, 6.07) is 14.4. The molecule has 3 aromatic rings. The molecule has 1 aromatic heterocycles. The van der Waals surface area contributed by atoms with Gasteiger partial charge in [-0.2, -0.15) is 5.10 Å². The van der Waals surface area contributed by atoms with Crippen LogP contribution in [-0.2, 0) is 16.1 Å². The Morgan fingerprint density at radius 1 is 1.22 bits per heavy atom. The summed E-state index contributed by atoms with van der Waals surface area (Å²) >= 11 is 0. The van der Waals surface area contributed by atoms with E-state index in [0.29, 0.717) is 11.3 Å². The number of ether oxygens (including phenoxy) is 1. The molecule has 3 rings (SSSR count). The Kier molecular flexibility index (Phi) is 5.46. The van der Waals surface area contributed by atoms with Crippen molar-refractivity contribution in [2.24, 2.45) is 5.10 Å². The molecule has 0 bridgehead atoms. The van der Waals surface area contributed by atoms with Gasteiger partial charge < -0.3 is 14.4 Å². The van der Waals surface area contributed by atoms with Crippen LogP contribution in [0.2, 0.25) is 0 Å². The Balaban J connectivity index is 1.65. The van der Waals surface area contributed by atoms with E-state index in [-0.39, 0.29) is 12.5 Å². The summed E-state index contributed by atoms with van der Waals surface area (Å²) in [7, 11) is 0. The lowest BCUT2D eigenvalue weighted by Crippen LogP contribution is -2.23. The van der Waals surface area contributed by atoms with Gasteiger partial charge in [0.15, 0.2) is 6.61 Å². The van der Waals surface area contributed by atoms with E-state index in [4.69, 9.17) is 9.84 Å². The van der Waals surface area contributed by atoms with Crippen LogP contribution in [0.5, 0.6) is 5.75 Å². The van der Waals surface area contributed by atoms with Gasteiger partial charge in [0, 0.05) is 5.56 Å². The number of hydrogen-bond acceptors (Lipinski definition) is 5. The molecule has 0 atom stereocenters. The highest BCUT2D eigenvalue weighted by Gasteiger charge is 2.10. The summed E-state index contributed by atoms with van der Waals surface area (Å²) in [5, 5.41) is 12.6. The molecule has 0 radical (unpaired) electrons. The molecule has 0 spiro atoms. The number of aryl methyl sites for hydroxylation is 1. The lowest BCUT2D eigenvalue weighted by Gasteiger charge is -2.07. The third-order valence-electron chi connectivity index (χ3n) is 3.81. The average molecular weight is 366 g/mol. The fourth-order valence-corrected chi connectivity index (χ4v) is 2.61. The molecule has 0 unspecified atom stereocenters. The Hall–Kier alpha value is -3.68. The van der Waals surface area contributed by atoms with Crippen LogP contribution in [0.4, 0.5) is 0 Å². The van der Waals surface area contributed by atoms with Gasteiger partial charge in [-0.1, -0.05) is 24.3 Å². The van der Waals surface area contributed by atoms with Crippen molar-refractivity contribution in [3.05, 3.63) is 59.9 Å². The molecule has 2 N–H and O–H groups in total. The van der Waals surface area contributed by atoms with Gasteiger partial charge in [0.1, 0.15) is 18.1 Å². The number of carbonyl (C=O) groups is 2. The highest BCUT2D eigenvalue weighted by atomic mass is 16.5. The SMILES string of the molecule is Cc1nc2ccccc2n1CC(=O)N/N=C/c1ccccc1OCC(=O)O. The highest BCUT2D eigenvalue weighted by molar-refractivity contribution is 5.86. The van der Waals surface area contributed by atoms with Crippen molar-refractivity contribution < 1.29 is 19.4 Å². The normalized spacial score (nSPS) is 11.0. The maximum Gasteiger partial charge on any atom is 0.341 e. The van der Waals surface area contributed by atoms with Gasteiger partial charge in [-0.15, -0.1) is 0 Å². The standard InChI is InChI=1S/C19H18N4O4/c1-13-21-15-7-3-4-8-16(15)23(13)11-18(24)22-20-10-14-6-2-5-9-17(14)27-12-19(25)26/h2-10H,11-12H2,1H3,(H,22,24)(H,25,26)/b20-10+. The van der Waals surface area contributed by atoms with E-state index in [9.17, 15) is 9.59 Å². The number of nitrogens with one attached hydrogen (secondary N) is 1. The third kappa shape index (κ3) is 4.49. The number of carboxylic acids is 1. The van der Waals surface area contributed by atoms with Gasteiger partial charge in [0.05, 0.1) is 17.2 Å². The van der Waals surface area contributed by atoms with Crippen LogP contribution in [0.25, 0.3) is 11.0 Å².